The molecule has 0 spiro atoms. The molecule has 24 heavy (non-hydrogen) atoms. The first-order chi connectivity index (χ1) is 10.9. The van der Waals surface area contributed by atoms with Crippen LogP contribution in [-0.4, -0.2) is 29.9 Å². The van der Waals surface area contributed by atoms with Gasteiger partial charge in [0.05, 0.1) is 11.0 Å². The van der Waals surface area contributed by atoms with E-state index in [1.807, 2.05) is 0 Å². The molecule has 0 radical (unpaired) electrons. The number of hydrogen-bond acceptors (Lipinski definition) is 5. The van der Waals surface area contributed by atoms with Gasteiger partial charge in [-0.2, -0.15) is 18.2 Å². The second-order valence-corrected chi connectivity index (χ2v) is 5.60. The number of alkyl halides is 3. The van der Waals surface area contributed by atoms with Gasteiger partial charge in [0.25, 0.3) is 0 Å². The van der Waals surface area contributed by atoms with Gasteiger partial charge in [-0.25, -0.2) is 0 Å². The van der Waals surface area contributed by atoms with Crippen LogP contribution < -0.4 is 5.73 Å². The van der Waals surface area contributed by atoms with Crippen molar-refractivity contribution in [2.45, 2.75) is 24.4 Å². The molecular weight excluding hydrogens is 347 g/mol. The molecule has 0 atom stereocenters. The Morgan fingerprint density at radius 2 is 1.92 bits per heavy atom. The minimum absolute atomic E-state index is 0. The average Bonchev–Trinajstić information content (AvgIpc) is 3.05. The van der Waals surface area contributed by atoms with Crippen LogP contribution in [0.2, 0.25) is 0 Å². The molecule has 1 saturated heterocycles. The minimum atomic E-state index is -4.41. The zero-order valence-electron chi connectivity index (χ0n) is 12.7. The van der Waals surface area contributed by atoms with Gasteiger partial charge < -0.3 is 15.0 Å². The van der Waals surface area contributed by atoms with Crippen LogP contribution in [0.25, 0.3) is 11.4 Å². The van der Waals surface area contributed by atoms with E-state index in [2.05, 4.69) is 10.1 Å². The number of nitrogens with zero attached hydrogens (tertiary/aromatic N) is 2. The predicted octanol–water partition coefficient (Wildman–Crippen LogP) is 3.18. The molecule has 1 aliphatic rings. The summed E-state index contributed by atoms with van der Waals surface area (Å²) in [7, 11) is 0. The maximum Gasteiger partial charge on any atom is 0.416 e. The Labute approximate surface area is 142 Å². The lowest BCUT2D eigenvalue weighted by molar-refractivity contribution is -0.137. The van der Waals surface area contributed by atoms with Crippen molar-refractivity contribution in [3.05, 3.63) is 35.7 Å². The summed E-state index contributed by atoms with van der Waals surface area (Å²) in [5, 5.41) is 3.83. The van der Waals surface area contributed by atoms with Gasteiger partial charge in [0.1, 0.15) is 0 Å². The Hall–Kier alpha value is -1.64. The zero-order valence-corrected chi connectivity index (χ0v) is 13.5. The molecule has 3 rings (SSSR count). The first-order valence-electron chi connectivity index (χ1n) is 7.24. The molecule has 2 heterocycles. The highest BCUT2D eigenvalue weighted by atomic mass is 35.5. The fourth-order valence-electron chi connectivity index (χ4n) is 2.66. The lowest BCUT2D eigenvalue weighted by atomic mass is 9.80. The van der Waals surface area contributed by atoms with Gasteiger partial charge in [-0.05, 0) is 25.0 Å². The maximum absolute atomic E-state index is 12.8. The summed E-state index contributed by atoms with van der Waals surface area (Å²) in [6.07, 6.45) is -3.12. The van der Waals surface area contributed by atoms with E-state index in [-0.39, 0.29) is 23.8 Å². The lowest BCUT2D eigenvalue weighted by Crippen LogP contribution is -2.40. The van der Waals surface area contributed by atoms with Crippen molar-refractivity contribution in [3.63, 3.8) is 0 Å². The van der Waals surface area contributed by atoms with E-state index in [1.165, 1.54) is 12.1 Å². The van der Waals surface area contributed by atoms with Gasteiger partial charge in [-0.15, -0.1) is 12.4 Å². The van der Waals surface area contributed by atoms with E-state index in [0.29, 0.717) is 38.5 Å². The Balaban J connectivity index is 0.00000208. The standard InChI is InChI=1S/C15H16F3N3O2.ClH/c16-15(17,18)11-3-1-2-10(8-11)12-20-13(23-21-12)14(9-19)4-6-22-7-5-14;/h1-3,8H,4-7,9,19H2;1H. The minimum Gasteiger partial charge on any atom is -0.381 e. The second kappa shape index (κ2) is 7.08. The molecule has 0 aliphatic carbocycles. The topological polar surface area (TPSA) is 74.2 Å². The van der Waals surface area contributed by atoms with Crippen LogP contribution in [0.1, 0.15) is 24.3 Å². The SMILES string of the molecule is Cl.NCC1(c2nc(-c3cccc(C(F)(F)F)c3)no2)CCOCC1. The molecule has 1 aromatic heterocycles. The van der Waals surface area contributed by atoms with Crippen molar-refractivity contribution < 1.29 is 22.4 Å². The molecule has 132 valence electrons. The van der Waals surface area contributed by atoms with Crippen LogP contribution in [0.5, 0.6) is 0 Å². The summed E-state index contributed by atoms with van der Waals surface area (Å²) in [6, 6.07) is 4.85. The third kappa shape index (κ3) is 3.55. The molecule has 1 aromatic carbocycles. The molecular formula is C15H17ClF3N3O2. The van der Waals surface area contributed by atoms with Crippen molar-refractivity contribution in [2.24, 2.45) is 5.73 Å². The summed E-state index contributed by atoms with van der Waals surface area (Å²) >= 11 is 0. The summed E-state index contributed by atoms with van der Waals surface area (Å²) in [6.45, 7) is 1.40. The number of nitrogens with two attached hydrogens (primary N) is 1. The monoisotopic (exact) mass is 363 g/mol. The van der Waals surface area contributed by atoms with Crippen LogP contribution in [0.15, 0.2) is 28.8 Å². The van der Waals surface area contributed by atoms with Crippen molar-refractivity contribution in [3.8, 4) is 11.4 Å². The Bertz CT molecular complexity index is 685. The molecule has 2 N–H and O–H groups in total. The maximum atomic E-state index is 12.8. The normalized spacial score (nSPS) is 17.3. The van der Waals surface area contributed by atoms with Gasteiger partial charge in [-0.1, -0.05) is 17.3 Å². The molecule has 1 fully saturated rings. The molecule has 1 aliphatic heterocycles. The number of aromatic nitrogens is 2. The number of halogens is 4. The summed E-state index contributed by atoms with van der Waals surface area (Å²) in [4.78, 5) is 4.29. The molecule has 9 heteroatoms. The summed E-state index contributed by atoms with van der Waals surface area (Å²) < 4.78 is 49.0. The van der Waals surface area contributed by atoms with Gasteiger partial charge >= 0.3 is 6.18 Å². The molecule has 0 amide bonds. The average molecular weight is 364 g/mol. The van der Waals surface area contributed by atoms with Gasteiger partial charge in [-0.3, -0.25) is 0 Å². The van der Waals surface area contributed by atoms with E-state index in [1.54, 1.807) is 0 Å². The highest BCUT2D eigenvalue weighted by Gasteiger charge is 2.39. The van der Waals surface area contributed by atoms with Gasteiger partial charge in [0, 0.05) is 25.3 Å². The largest absolute Gasteiger partial charge is 0.416 e. The first-order valence-corrected chi connectivity index (χ1v) is 7.24. The number of benzene rings is 1. The van der Waals surface area contributed by atoms with Crippen LogP contribution in [-0.2, 0) is 16.3 Å². The summed E-state index contributed by atoms with van der Waals surface area (Å²) in [5.41, 5.74) is 4.91. The zero-order chi connectivity index (χ0) is 16.5. The highest BCUT2D eigenvalue weighted by Crippen LogP contribution is 2.35. The Morgan fingerprint density at radius 1 is 1.21 bits per heavy atom. The van der Waals surface area contributed by atoms with E-state index >= 15 is 0 Å². The molecule has 5 nitrogen and oxygen atoms in total. The lowest BCUT2D eigenvalue weighted by Gasteiger charge is -2.32. The van der Waals surface area contributed by atoms with Crippen LogP contribution in [0.3, 0.4) is 0 Å². The smallest absolute Gasteiger partial charge is 0.381 e. The molecule has 0 unspecified atom stereocenters. The Kier molecular flexibility index (Phi) is 5.52. The molecule has 0 saturated carbocycles. The third-order valence-electron chi connectivity index (χ3n) is 4.17. The van der Waals surface area contributed by atoms with Crippen molar-refractivity contribution in [2.75, 3.05) is 19.8 Å². The molecule has 0 bridgehead atoms. The van der Waals surface area contributed by atoms with Crippen LogP contribution in [0, 0.1) is 0 Å². The van der Waals surface area contributed by atoms with Crippen molar-refractivity contribution >= 4 is 12.4 Å². The molecule has 2 aromatic rings. The van der Waals surface area contributed by atoms with E-state index in [0.717, 1.165) is 12.1 Å². The van der Waals surface area contributed by atoms with Crippen molar-refractivity contribution in [1.29, 1.82) is 0 Å². The number of rotatable bonds is 3. The Morgan fingerprint density at radius 3 is 2.54 bits per heavy atom. The fraction of sp³-hybridized carbons (Fsp3) is 0.467. The predicted molar refractivity (Wildman–Crippen MR) is 82.8 cm³/mol. The van der Waals surface area contributed by atoms with Gasteiger partial charge in [0.15, 0.2) is 0 Å². The summed E-state index contributed by atoms with van der Waals surface area (Å²) in [5.74, 6) is 0.487. The highest BCUT2D eigenvalue weighted by molar-refractivity contribution is 5.85. The fourth-order valence-corrected chi connectivity index (χ4v) is 2.66. The van der Waals surface area contributed by atoms with E-state index in [9.17, 15) is 13.2 Å². The second-order valence-electron chi connectivity index (χ2n) is 5.60. The number of hydrogen-bond donors (Lipinski definition) is 1. The third-order valence-corrected chi connectivity index (χ3v) is 4.17. The number of ether oxygens (including phenoxy) is 1. The van der Waals surface area contributed by atoms with Gasteiger partial charge in [0.2, 0.25) is 11.7 Å². The van der Waals surface area contributed by atoms with Crippen molar-refractivity contribution in [1.82, 2.24) is 10.1 Å². The van der Waals surface area contributed by atoms with E-state index < -0.39 is 17.2 Å². The van der Waals surface area contributed by atoms with Crippen LogP contribution in [0.4, 0.5) is 13.2 Å². The quantitative estimate of drug-likeness (QED) is 0.906. The van der Waals surface area contributed by atoms with E-state index in [4.69, 9.17) is 15.0 Å². The first kappa shape index (κ1) is 18.7. The van der Waals surface area contributed by atoms with Crippen LogP contribution >= 0.6 is 12.4 Å².